The Hall–Kier alpha value is -2.14. The fourth-order valence-electron chi connectivity index (χ4n) is 3.55. The maximum Gasteiger partial charge on any atom is 0.331 e. The highest BCUT2D eigenvalue weighted by Crippen LogP contribution is 2.33. The average Bonchev–Trinajstić information content (AvgIpc) is 2.81. The van der Waals surface area contributed by atoms with E-state index in [4.69, 9.17) is 15.2 Å². The summed E-state index contributed by atoms with van der Waals surface area (Å²) in [4.78, 5) is 24.4. The summed E-state index contributed by atoms with van der Waals surface area (Å²) in [7, 11) is 0. The van der Waals surface area contributed by atoms with Crippen molar-refractivity contribution in [3.05, 3.63) is 47.5 Å². The Labute approximate surface area is 168 Å². The molecule has 1 aliphatic carbocycles. The van der Waals surface area contributed by atoms with Gasteiger partial charge in [-0.2, -0.15) is 0 Å². The zero-order valence-electron chi connectivity index (χ0n) is 17.3. The molecule has 2 atom stereocenters. The second kappa shape index (κ2) is 10.4. The summed E-state index contributed by atoms with van der Waals surface area (Å²) in [6.45, 7) is 6.40. The van der Waals surface area contributed by atoms with Crippen LogP contribution in [-0.4, -0.2) is 24.1 Å². The van der Waals surface area contributed by atoms with E-state index in [2.05, 4.69) is 0 Å². The van der Waals surface area contributed by atoms with E-state index in [1.807, 2.05) is 51.1 Å². The molecule has 0 aliphatic heterocycles. The van der Waals surface area contributed by atoms with Crippen LogP contribution in [0.4, 0.5) is 0 Å². The minimum Gasteiger partial charge on any atom is -0.460 e. The molecule has 0 saturated heterocycles. The summed E-state index contributed by atoms with van der Waals surface area (Å²) < 4.78 is 10.8. The van der Waals surface area contributed by atoms with E-state index in [9.17, 15) is 9.59 Å². The monoisotopic (exact) mass is 387 g/mol. The van der Waals surface area contributed by atoms with Gasteiger partial charge in [-0.3, -0.25) is 4.79 Å². The van der Waals surface area contributed by atoms with Crippen molar-refractivity contribution in [2.24, 2.45) is 17.6 Å². The fraction of sp³-hybridized carbons (Fsp3) is 0.565. The quantitative estimate of drug-likeness (QED) is 0.451. The van der Waals surface area contributed by atoms with Gasteiger partial charge in [-0.1, -0.05) is 35.9 Å². The van der Waals surface area contributed by atoms with Crippen LogP contribution in [-0.2, 0) is 25.7 Å². The van der Waals surface area contributed by atoms with Crippen LogP contribution in [0, 0.1) is 11.8 Å². The maximum atomic E-state index is 12.3. The molecule has 154 valence electrons. The number of rotatable bonds is 6. The lowest BCUT2D eigenvalue weighted by molar-refractivity contribution is -0.156. The molecule has 5 nitrogen and oxygen atoms in total. The summed E-state index contributed by atoms with van der Waals surface area (Å²) in [6, 6.07) is 9.62. The zero-order chi connectivity index (χ0) is 20.6. The SMILES string of the molecule is CC(C)(C)OC(=O)CC1CC/C(=C/C(=O)OCc2ccccc2)C(CN)CC1. The van der Waals surface area contributed by atoms with E-state index in [1.54, 1.807) is 6.08 Å². The Morgan fingerprint density at radius 2 is 1.86 bits per heavy atom. The van der Waals surface area contributed by atoms with Gasteiger partial charge in [-0.25, -0.2) is 4.79 Å². The van der Waals surface area contributed by atoms with E-state index >= 15 is 0 Å². The van der Waals surface area contributed by atoms with Crippen LogP contribution in [0.15, 0.2) is 42.0 Å². The van der Waals surface area contributed by atoms with Crippen LogP contribution in [0.5, 0.6) is 0 Å². The first-order valence-corrected chi connectivity index (χ1v) is 10.1. The zero-order valence-corrected chi connectivity index (χ0v) is 17.3. The summed E-state index contributed by atoms with van der Waals surface area (Å²) in [5.41, 5.74) is 7.48. The molecule has 0 bridgehead atoms. The highest BCUT2D eigenvalue weighted by molar-refractivity contribution is 5.83. The van der Waals surface area contributed by atoms with Crippen molar-refractivity contribution in [1.82, 2.24) is 0 Å². The predicted octanol–water partition coefficient (Wildman–Crippen LogP) is 4.15. The summed E-state index contributed by atoms with van der Waals surface area (Å²) >= 11 is 0. The molecule has 2 rings (SSSR count). The Balaban J connectivity index is 1.92. The van der Waals surface area contributed by atoms with E-state index in [-0.39, 0.29) is 30.4 Å². The van der Waals surface area contributed by atoms with Crippen molar-refractivity contribution >= 4 is 11.9 Å². The Kier molecular flexibility index (Phi) is 8.24. The highest BCUT2D eigenvalue weighted by atomic mass is 16.6. The number of carbonyl (C=O) groups excluding carboxylic acids is 2. The number of benzene rings is 1. The third kappa shape index (κ3) is 7.85. The maximum absolute atomic E-state index is 12.3. The van der Waals surface area contributed by atoms with Gasteiger partial charge in [0.1, 0.15) is 12.2 Å². The number of hydrogen-bond donors (Lipinski definition) is 1. The first kappa shape index (κ1) is 22.2. The van der Waals surface area contributed by atoms with Crippen molar-refractivity contribution in [3.63, 3.8) is 0 Å². The molecule has 0 heterocycles. The minimum absolute atomic E-state index is 0.156. The second-order valence-corrected chi connectivity index (χ2v) is 8.52. The predicted molar refractivity (Wildman–Crippen MR) is 109 cm³/mol. The van der Waals surface area contributed by atoms with Gasteiger partial charge in [-0.05, 0) is 70.4 Å². The molecule has 2 unspecified atom stereocenters. The van der Waals surface area contributed by atoms with E-state index in [0.29, 0.717) is 13.0 Å². The van der Waals surface area contributed by atoms with Gasteiger partial charge >= 0.3 is 11.9 Å². The largest absolute Gasteiger partial charge is 0.460 e. The average molecular weight is 388 g/mol. The molecule has 1 aromatic carbocycles. The van der Waals surface area contributed by atoms with Crippen molar-refractivity contribution in [1.29, 1.82) is 0 Å². The van der Waals surface area contributed by atoms with E-state index in [1.165, 1.54) is 0 Å². The first-order valence-electron chi connectivity index (χ1n) is 10.1. The van der Waals surface area contributed by atoms with Gasteiger partial charge in [0, 0.05) is 12.5 Å². The van der Waals surface area contributed by atoms with Gasteiger partial charge in [-0.15, -0.1) is 0 Å². The first-order chi connectivity index (χ1) is 13.3. The number of esters is 2. The smallest absolute Gasteiger partial charge is 0.331 e. The number of hydrogen-bond acceptors (Lipinski definition) is 5. The van der Waals surface area contributed by atoms with Gasteiger partial charge in [0.2, 0.25) is 0 Å². The van der Waals surface area contributed by atoms with E-state index < -0.39 is 5.60 Å². The number of ether oxygens (including phenoxy) is 2. The number of nitrogens with two attached hydrogens (primary N) is 1. The third-order valence-corrected chi connectivity index (χ3v) is 4.98. The molecule has 0 spiro atoms. The molecule has 1 aliphatic rings. The van der Waals surface area contributed by atoms with Crippen LogP contribution in [0.1, 0.15) is 58.4 Å². The van der Waals surface area contributed by atoms with Crippen LogP contribution in [0.3, 0.4) is 0 Å². The van der Waals surface area contributed by atoms with Crippen molar-refractivity contribution in [2.75, 3.05) is 6.54 Å². The third-order valence-electron chi connectivity index (χ3n) is 4.98. The molecule has 1 saturated carbocycles. The molecular weight excluding hydrogens is 354 g/mol. The molecule has 1 fully saturated rings. The van der Waals surface area contributed by atoms with Gasteiger partial charge in [0.05, 0.1) is 0 Å². The van der Waals surface area contributed by atoms with Crippen LogP contribution in [0.2, 0.25) is 0 Å². The van der Waals surface area contributed by atoms with Crippen LogP contribution < -0.4 is 5.73 Å². The summed E-state index contributed by atoms with van der Waals surface area (Å²) in [5.74, 6) is -0.0672. The van der Waals surface area contributed by atoms with Gasteiger partial charge < -0.3 is 15.2 Å². The Morgan fingerprint density at radius 3 is 2.50 bits per heavy atom. The van der Waals surface area contributed by atoms with Crippen molar-refractivity contribution in [3.8, 4) is 0 Å². The van der Waals surface area contributed by atoms with Crippen LogP contribution in [0.25, 0.3) is 0 Å². The molecule has 1 aromatic rings. The normalized spacial score (nSPS) is 21.8. The Bertz CT molecular complexity index is 676. The molecule has 0 amide bonds. The second-order valence-electron chi connectivity index (χ2n) is 8.52. The Morgan fingerprint density at radius 1 is 1.14 bits per heavy atom. The van der Waals surface area contributed by atoms with Crippen molar-refractivity contribution < 1.29 is 19.1 Å². The molecule has 28 heavy (non-hydrogen) atoms. The molecule has 0 aromatic heterocycles. The number of carbonyl (C=O) groups is 2. The molecule has 2 N–H and O–H groups in total. The molecule has 5 heteroatoms. The standard InChI is InChI=1S/C23H33NO4/c1-23(2,3)28-22(26)13-17-9-11-19(20(15-24)12-10-17)14-21(25)27-16-18-7-5-4-6-8-18/h4-8,14,17,20H,9-13,15-16,24H2,1-3H3/b19-14-. The topological polar surface area (TPSA) is 78.6 Å². The lowest BCUT2D eigenvalue weighted by Crippen LogP contribution is -2.25. The van der Waals surface area contributed by atoms with Gasteiger partial charge in [0.15, 0.2) is 0 Å². The lowest BCUT2D eigenvalue weighted by Gasteiger charge is -2.21. The van der Waals surface area contributed by atoms with Crippen LogP contribution >= 0.6 is 0 Å². The molecule has 0 radical (unpaired) electrons. The lowest BCUT2D eigenvalue weighted by atomic mass is 9.94. The van der Waals surface area contributed by atoms with Gasteiger partial charge in [0.25, 0.3) is 0 Å². The highest BCUT2D eigenvalue weighted by Gasteiger charge is 2.26. The summed E-state index contributed by atoms with van der Waals surface area (Å²) in [5, 5.41) is 0. The van der Waals surface area contributed by atoms with E-state index in [0.717, 1.165) is 36.8 Å². The summed E-state index contributed by atoms with van der Waals surface area (Å²) in [6.07, 6.45) is 5.43. The fourth-order valence-corrected chi connectivity index (χ4v) is 3.55. The minimum atomic E-state index is -0.463. The molecular formula is C23H33NO4. The van der Waals surface area contributed by atoms with Crippen molar-refractivity contribution in [2.45, 2.75) is 65.1 Å².